The van der Waals surface area contributed by atoms with Crippen molar-refractivity contribution in [3.05, 3.63) is 29.8 Å². The lowest BCUT2D eigenvalue weighted by Gasteiger charge is -2.23. The van der Waals surface area contributed by atoms with Gasteiger partial charge in [0.2, 0.25) is 0 Å². The fourth-order valence-corrected chi connectivity index (χ4v) is 2.59. The van der Waals surface area contributed by atoms with Crippen LogP contribution >= 0.6 is 0 Å². The molecule has 1 saturated carbocycles. The molecular weight excluding hydrogens is 244 g/mol. The van der Waals surface area contributed by atoms with Crippen molar-refractivity contribution in [3.8, 4) is 5.75 Å². The normalized spacial score (nSPS) is 29.8. The molecule has 4 nitrogen and oxygen atoms in total. The van der Waals surface area contributed by atoms with Gasteiger partial charge in [-0.25, -0.2) is 0 Å². The molecule has 102 valence electrons. The molecule has 1 aromatic carbocycles. The van der Waals surface area contributed by atoms with E-state index in [0.717, 1.165) is 43.6 Å². The Morgan fingerprint density at radius 1 is 1.26 bits per heavy atom. The van der Waals surface area contributed by atoms with Crippen molar-refractivity contribution in [1.82, 2.24) is 0 Å². The Morgan fingerprint density at radius 2 is 2.05 bits per heavy atom. The maximum absolute atomic E-state index is 10.8. The van der Waals surface area contributed by atoms with E-state index in [4.69, 9.17) is 14.6 Å². The van der Waals surface area contributed by atoms with Crippen molar-refractivity contribution >= 4 is 5.97 Å². The summed E-state index contributed by atoms with van der Waals surface area (Å²) in [5.41, 5.74) is 1.09. The minimum absolute atomic E-state index is 0.132. The van der Waals surface area contributed by atoms with E-state index in [1.807, 2.05) is 24.3 Å². The van der Waals surface area contributed by atoms with Crippen LogP contribution in [-0.4, -0.2) is 24.0 Å². The van der Waals surface area contributed by atoms with Gasteiger partial charge in [-0.1, -0.05) is 12.1 Å². The SMILES string of the molecule is O=C(O)[C@H]1C[C@H]1c1ccc(OC2CCCCO2)cc1. The van der Waals surface area contributed by atoms with Crippen LogP contribution in [-0.2, 0) is 9.53 Å². The summed E-state index contributed by atoms with van der Waals surface area (Å²) in [5.74, 6) is 0.0787. The molecule has 0 amide bonds. The first kappa shape index (κ1) is 12.5. The highest BCUT2D eigenvalue weighted by Crippen LogP contribution is 2.47. The van der Waals surface area contributed by atoms with Crippen molar-refractivity contribution < 1.29 is 19.4 Å². The highest BCUT2D eigenvalue weighted by Gasteiger charge is 2.44. The summed E-state index contributed by atoms with van der Waals surface area (Å²) in [6.45, 7) is 0.769. The van der Waals surface area contributed by atoms with Crippen LogP contribution in [0.5, 0.6) is 5.75 Å². The zero-order valence-corrected chi connectivity index (χ0v) is 10.7. The van der Waals surface area contributed by atoms with Gasteiger partial charge in [-0.2, -0.15) is 0 Å². The molecule has 2 aliphatic rings. The first-order valence-electron chi connectivity index (χ1n) is 6.85. The average Bonchev–Trinajstić information content (AvgIpc) is 3.21. The number of benzene rings is 1. The second-order valence-electron chi connectivity index (χ2n) is 5.27. The number of hydrogen-bond donors (Lipinski definition) is 1. The van der Waals surface area contributed by atoms with Crippen molar-refractivity contribution in [1.29, 1.82) is 0 Å². The van der Waals surface area contributed by atoms with Crippen LogP contribution in [0.25, 0.3) is 0 Å². The van der Waals surface area contributed by atoms with Gasteiger partial charge in [0.05, 0.1) is 12.5 Å². The monoisotopic (exact) mass is 262 g/mol. The fraction of sp³-hybridized carbons (Fsp3) is 0.533. The number of ether oxygens (including phenoxy) is 2. The van der Waals surface area contributed by atoms with Crippen molar-refractivity contribution in [2.45, 2.75) is 37.9 Å². The Morgan fingerprint density at radius 3 is 2.63 bits per heavy atom. The minimum atomic E-state index is -0.694. The standard InChI is InChI=1S/C15H18O4/c16-15(17)13-9-12(13)10-4-6-11(7-5-10)19-14-3-1-2-8-18-14/h4-7,12-14H,1-3,8-9H2,(H,16,17)/t12-,13-,14?/m0/s1. The third kappa shape index (κ3) is 2.89. The van der Waals surface area contributed by atoms with Gasteiger partial charge in [0.1, 0.15) is 5.75 Å². The first-order valence-corrected chi connectivity index (χ1v) is 6.85. The quantitative estimate of drug-likeness (QED) is 0.906. The van der Waals surface area contributed by atoms with Crippen LogP contribution in [0.15, 0.2) is 24.3 Å². The zero-order valence-electron chi connectivity index (χ0n) is 10.7. The molecule has 19 heavy (non-hydrogen) atoms. The summed E-state index contributed by atoms with van der Waals surface area (Å²) in [5, 5.41) is 8.91. The molecule has 0 bridgehead atoms. The fourth-order valence-electron chi connectivity index (χ4n) is 2.59. The van der Waals surface area contributed by atoms with Crippen LogP contribution in [0.1, 0.15) is 37.2 Å². The molecule has 3 rings (SSSR count). The summed E-state index contributed by atoms with van der Waals surface area (Å²) < 4.78 is 11.3. The van der Waals surface area contributed by atoms with E-state index in [1.54, 1.807) is 0 Å². The van der Waals surface area contributed by atoms with Gasteiger partial charge in [0.15, 0.2) is 6.29 Å². The lowest BCUT2D eigenvalue weighted by molar-refractivity contribution is -0.138. The Labute approximate surface area is 112 Å². The largest absolute Gasteiger partial charge is 0.481 e. The molecule has 2 fully saturated rings. The molecule has 1 aliphatic carbocycles. The number of hydrogen-bond acceptors (Lipinski definition) is 3. The second kappa shape index (κ2) is 5.21. The van der Waals surface area contributed by atoms with Crippen LogP contribution in [0.2, 0.25) is 0 Å². The molecule has 1 aliphatic heterocycles. The molecule has 1 unspecified atom stereocenters. The second-order valence-corrected chi connectivity index (χ2v) is 5.27. The van der Waals surface area contributed by atoms with Crippen LogP contribution in [0.4, 0.5) is 0 Å². The Bertz CT molecular complexity index is 448. The van der Waals surface area contributed by atoms with E-state index in [-0.39, 0.29) is 18.1 Å². The zero-order chi connectivity index (χ0) is 13.2. The van der Waals surface area contributed by atoms with Crippen molar-refractivity contribution in [2.24, 2.45) is 5.92 Å². The average molecular weight is 262 g/mol. The van der Waals surface area contributed by atoms with Gasteiger partial charge in [-0.15, -0.1) is 0 Å². The molecule has 1 heterocycles. The maximum atomic E-state index is 10.8. The molecule has 0 spiro atoms. The summed E-state index contributed by atoms with van der Waals surface area (Å²) >= 11 is 0. The Balaban J connectivity index is 1.58. The molecular formula is C15H18O4. The van der Waals surface area contributed by atoms with Gasteiger partial charge < -0.3 is 14.6 Å². The molecule has 0 radical (unpaired) electrons. The first-order chi connectivity index (χ1) is 9.24. The number of carbonyl (C=O) groups is 1. The van der Waals surface area contributed by atoms with E-state index in [9.17, 15) is 4.79 Å². The number of carboxylic acids is 1. The Kier molecular flexibility index (Phi) is 3.42. The summed E-state index contributed by atoms with van der Waals surface area (Å²) in [4.78, 5) is 10.8. The van der Waals surface area contributed by atoms with E-state index in [2.05, 4.69) is 0 Å². The molecule has 3 atom stereocenters. The topological polar surface area (TPSA) is 55.8 Å². The Hall–Kier alpha value is -1.55. The molecule has 0 aromatic heterocycles. The lowest BCUT2D eigenvalue weighted by Crippen LogP contribution is -2.24. The number of carboxylic acid groups (broad SMARTS) is 1. The van der Waals surface area contributed by atoms with Crippen LogP contribution < -0.4 is 4.74 Å². The molecule has 1 aromatic rings. The van der Waals surface area contributed by atoms with E-state index in [1.165, 1.54) is 0 Å². The minimum Gasteiger partial charge on any atom is -0.481 e. The van der Waals surface area contributed by atoms with Gasteiger partial charge in [0, 0.05) is 6.42 Å². The lowest BCUT2D eigenvalue weighted by atomic mass is 10.1. The van der Waals surface area contributed by atoms with E-state index < -0.39 is 5.97 Å². The molecule has 1 saturated heterocycles. The summed E-state index contributed by atoms with van der Waals surface area (Å²) in [7, 11) is 0. The number of rotatable bonds is 4. The smallest absolute Gasteiger partial charge is 0.307 e. The van der Waals surface area contributed by atoms with Crippen molar-refractivity contribution in [3.63, 3.8) is 0 Å². The predicted molar refractivity (Wildman–Crippen MR) is 69.1 cm³/mol. The highest BCUT2D eigenvalue weighted by atomic mass is 16.7. The van der Waals surface area contributed by atoms with Gasteiger partial charge >= 0.3 is 5.97 Å². The van der Waals surface area contributed by atoms with E-state index in [0.29, 0.717) is 0 Å². The highest BCUT2D eigenvalue weighted by molar-refractivity contribution is 5.75. The predicted octanol–water partition coefficient (Wildman–Crippen LogP) is 2.78. The van der Waals surface area contributed by atoms with E-state index >= 15 is 0 Å². The van der Waals surface area contributed by atoms with Gasteiger partial charge in [-0.05, 0) is 42.9 Å². The number of aliphatic carboxylic acids is 1. The summed E-state index contributed by atoms with van der Waals surface area (Å²) in [6, 6.07) is 7.74. The van der Waals surface area contributed by atoms with Gasteiger partial charge in [-0.3, -0.25) is 4.79 Å². The summed E-state index contributed by atoms with van der Waals surface area (Å²) in [6.07, 6.45) is 3.81. The third-order valence-corrected chi connectivity index (χ3v) is 3.82. The maximum Gasteiger partial charge on any atom is 0.307 e. The van der Waals surface area contributed by atoms with Gasteiger partial charge in [0.25, 0.3) is 0 Å². The van der Waals surface area contributed by atoms with Crippen LogP contribution in [0, 0.1) is 5.92 Å². The third-order valence-electron chi connectivity index (χ3n) is 3.82. The molecule has 1 N–H and O–H groups in total. The van der Waals surface area contributed by atoms with Crippen molar-refractivity contribution in [2.75, 3.05) is 6.61 Å². The van der Waals surface area contributed by atoms with Crippen LogP contribution in [0.3, 0.4) is 0 Å². The molecule has 4 heteroatoms.